The monoisotopic (exact) mass is 395 g/mol. The van der Waals surface area contributed by atoms with Gasteiger partial charge in [-0.05, 0) is 32.0 Å². The molecule has 2 aromatic rings. The first-order valence-corrected chi connectivity index (χ1v) is 8.98. The molecule has 0 aliphatic heterocycles. The lowest BCUT2D eigenvalue weighted by atomic mass is 10.1. The summed E-state index contributed by atoms with van der Waals surface area (Å²) < 4.78 is 18.4. The number of amides is 1. The molecule has 0 saturated carbocycles. The Morgan fingerprint density at radius 1 is 1.30 bits per heavy atom. The molecule has 0 saturated heterocycles. The third-order valence-electron chi connectivity index (χ3n) is 3.82. The van der Waals surface area contributed by atoms with Gasteiger partial charge in [0, 0.05) is 30.8 Å². The lowest BCUT2D eigenvalue weighted by Crippen LogP contribution is -2.27. The van der Waals surface area contributed by atoms with Crippen LogP contribution in [0.5, 0.6) is 11.5 Å². The highest BCUT2D eigenvalue weighted by Gasteiger charge is 2.15. The summed E-state index contributed by atoms with van der Waals surface area (Å²) >= 11 is 6.00. The van der Waals surface area contributed by atoms with E-state index in [-0.39, 0.29) is 11.7 Å². The molecule has 0 aromatic heterocycles. The lowest BCUT2D eigenvalue weighted by Gasteiger charge is -2.13. The Bertz CT molecular complexity index is 802. The van der Waals surface area contributed by atoms with Crippen LogP contribution in [0.25, 0.3) is 0 Å². The molecule has 0 heterocycles. The summed E-state index contributed by atoms with van der Waals surface area (Å²) in [4.78, 5) is 12.4. The van der Waals surface area contributed by atoms with E-state index in [4.69, 9.17) is 22.1 Å². The van der Waals surface area contributed by atoms with E-state index in [2.05, 4.69) is 10.6 Å². The highest BCUT2D eigenvalue weighted by atomic mass is 35.5. The van der Waals surface area contributed by atoms with Gasteiger partial charge in [-0.2, -0.15) is 0 Å². The van der Waals surface area contributed by atoms with Crippen molar-refractivity contribution in [1.82, 2.24) is 10.6 Å². The highest BCUT2D eigenvalue weighted by Crippen LogP contribution is 2.29. The smallest absolute Gasteiger partial charge is 0.255 e. The van der Waals surface area contributed by atoms with Gasteiger partial charge in [0.15, 0.2) is 0 Å². The Morgan fingerprint density at radius 3 is 2.78 bits per heavy atom. The third-order valence-corrected chi connectivity index (χ3v) is 4.15. The van der Waals surface area contributed by atoms with Crippen LogP contribution in [0.3, 0.4) is 0 Å². The second-order valence-electron chi connectivity index (χ2n) is 5.86. The summed E-state index contributed by atoms with van der Waals surface area (Å²) in [6.07, 6.45) is 0.667. The van der Waals surface area contributed by atoms with Gasteiger partial charge in [-0.1, -0.05) is 17.7 Å². The number of halogens is 2. The number of anilines is 1. The molecule has 146 valence electrons. The summed E-state index contributed by atoms with van der Waals surface area (Å²) in [5.41, 5.74) is 7.05. The lowest BCUT2D eigenvalue weighted by molar-refractivity contribution is 0.0949. The van der Waals surface area contributed by atoms with E-state index in [1.807, 2.05) is 6.92 Å². The van der Waals surface area contributed by atoms with E-state index >= 15 is 0 Å². The topological polar surface area (TPSA) is 96.6 Å². The summed E-state index contributed by atoms with van der Waals surface area (Å²) in [5.74, 6) is -0.467. The van der Waals surface area contributed by atoms with Crippen LogP contribution in [0.2, 0.25) is 5.02 Å². The van der Waals surface area contributed by atoms with Crippen molar-refractivity contribution in [3.05, 3.63) is 52.3 Å². The number of aromatic hydroxyl groups is 1. The van der Waals surface area contributed by atoms with Gasteiger partial charge in [-0.3, -0.25) is 4.79 Å². The molecule has 0 spiro atoms. The van der Waals surface area contributed by atoms with E-state index in [9.17, 15) is 14.3 Å². The fraction of sp³-hybridized carbons (Fsp3) is 0.316. The van der Waals surface area contributed by atoms with Gasteiger partial charge >= 0.3 is 0 Å². The second-order valence-corrected chi connectivity index (χ2v) is 6.27. The molecule has 0 fully saturated rings. The fourth-order valence-electron chi connectivity index (χ4n) is 2.44. The SMILES string of the molecule is CCOc1cc(N)c(Cl)cc1C(=O)NCCCNCc1ccc(F)cc1O. The van der Waals surface area contributed by atoms with E-state index in [1.54, 1.807) is 0 Å². The Kier molecular flexibility index (Phi) is 7.69. The van der Waals surface area contributed by atoms with Crippen molar-refractivity contribution in [2.75, 3.05) is 25.4 Å². The molecule has 6 nitrogen and oxygen atoms in total. The zero-order valence-corrected chi connectivity index (χ0v) is 15.8. The van der Waals surface area contributed by atoms with Crippen molar-refractivity contribution < 1.29 is 19.0 Å². The molecule has 0 atom stereocenters. The number of benzene rings is 2. The fourth-order valence-corrected chi connectivity index (χ4v) is 2.61. The van der Waals surface area contributed by atoms with Gasteiger partial charge in [0.1, 0.15) is 17.3 Å². The summed E-state index contributed by atoms with van der Waals surface area (Å²) in [6.45, 7) is 3.67. The van der Waals surface area contributed by atoms with Gasteiger partial charge in [-0.25, -0.2) is 4.39 Å². The van der Waals surface area contributed by atoms with Crippen molar-refractivity contribution in [3.63, 3.8) is 0 Å². The number of hydrogen-bond acceptors (Lipinski definition) is 5. The van der Waals surface area contributed by atoms with E-state index in [0.717, 1.165) is 6.07 Å². The van der Waals surface area contributed by atoms with Crippen LogP contribution in [-0.4, -0.2) is 30.7 Å². The predicted octanol–water partition coefficient (Wildman–Crippen LogP) is 3.08. The van der Waals surface area contributed by atoms with Crippen LogP contribution in [0.15, 0.2) is 30.3 Å². The predicted molar refractivity (Wildman–Crippen MR) is 104 cm³/mol. The molecule has 0 bridgehead atoms. The largest absolute Gasteiger partial charge is 0.508 e. The minimum atomic E-state index is -0.479. The Labute approximate surface area is 162 Å². The van der Waals surface area contributed by atoms with E-state index in [1.165, 1.54) is 24.3 Å². The molecule has 0 aliphatic rings. The highest BCUT2D eigenvalue weighted by molar-refractivity contribution is 6.33. The first kappa shape index (κ1) is 20.8. The van der Waals surface area contributed by atoms with Crippen molar-refractivity contribution in [2.45, 2.75) is 19.9 Å². The number of phenols is 1. The molecule has 0 aliphatic carbocycles. The van der Waals surface area contributed by atoms with Gasteiger partial charge in [0.2, 0.25) is 0 Å². The average Bonchev–Trinajstić information content (AvgIpc) is 2.62. The molecule has 1 amide bonds. The Hall–Kier alpha value is -2.51. The normalized spacial score (nSPS) is 10.6. The zero-order valence-electron chi connectivity index (χ0n) is 15.0. The molecular weight excluding hydrogens is 373 g/mol. The number of rotatable bonds is 9. The molecule has 2 aromatic carbocycles. The maximum atomic E-state index is 12.9. The summed E-state index contributed by atoms with van der Waals surface area (Å²) in [7, 11) is 0. The number of ether oxygens (including phenoxy) is 1. The number of nitrogen functional groups attached to an aromatic ring is 1. The average molecular weight is 396 g/mol. The van der Waals surface area contributed by atoms with Crippen molar-refractivity contribution in [3.8, 4) is 11.5 Å². The van der Waals surface area contributed by atoms with Crippen molar-refractivity contribution >= 4 is 23.2 Å². The molecule has 0 radical (unpaired) electrons. The molecule has 8 heteroatoms. The number of nitrogens with two attached hydrogens (primary N) is 1. The summed E-state index contributed by atoms with van der Waals surface area (Å²) in [6, 6.07) is 6.93. The van der Waals surface area contributed by atoms with Gasteiger partial charge in [-0.15, -0.1) is 0 Å². The maximum absolute atomic E-state index is 12.9. The maximum Gasteiger partial charge on any atom is 0.255 e. The van der Waals surface area contributed by atoms with E-state index in [0.29, 0.717) is 60.2 Å². The van der Waals surface area contributed by atoms with Gasteiger partial charge < -0.3 is 26.2 Å². The van der Waals surface area contributed by atoms with Crippen LogP contribution in [0.1, 0.15) is 29.3 Å². The van der Waals surface area contributed by atoms with Crippen LogP contribution < -0.4 is 21.1 Å². The molecule has 27 heavy (non-hydrogen) atoms. The number of hydrogen-bond donors (Lipinski definition) is 4. The van der Waals surface area contributed by atoms with Crippen LogP contribution in [-0.2, 0) is 6.54 Å². The first-order chi connectivity index (χ1) is 12.9. The van der Waals surface area contributed by atoms with Crippen molar-refractivity contribution in [2.24, 2.45) is 0 Å². The van der Waals surface area contributed by atoms with Crippen molar-refractivity contribution in [1.29, 1.82) is 0 Å². The second kappa shape index (κ2) is 9.99. The molecule has 0 unspecified atom stereocenters. The van der Waals surface area contributed by atoms with Crippen LogP contribution >= 0.6 is 11.6 Å². The Balaban J connectivity index is 1.78. The standard InChI is InChI=1S/C19H23ClFN3O3/c1-2-27-18-10-16(22)15(20)9-14(18)19(26)24-7-3-6-23-11-12-4-5-13(21)8-17(12)25/h4-5,8-10,23,25H,2-3,6-7,11,22H2,1H3,(H,24,26). The molecule has 2 rings (SSSR count). The molecule has 5 N–H and O–H groups in total. The van der Waals surface area contributed by atoms with Gasteiger partial charge in [0.05, 0.1) is 22.9 Å². The zero-order chi connectivity index (χ0) is 19.8. The third kappa shape index (κ3) is 6.01. The quantitative estimate of drug-likeness (QED) is 0.386. The van der Waals surface area contributed by atoms with E-state index < -0.39 is 5.82 Å². The minimum absolute atomic E-state index is 0.0838. The number of phenolic OH excluding ortho intramolecular Hbond substituents is 1. The number of nitrogens with one attached hydrogen (secondary N) is 2. The van der Waals surface area contributed by atoms with Crippen LogP contribution in [0, 0.1) is 5.82 Å². The van der Waals surface area contributed by atoms with Gasteiger partial charge in [0.25, 0.3) is 5.91 Å². The summed E-state index contributed by atoms with van der Waals surface area (Å²) in [5, 5.41) is 15.9. The minimum Gasteiger partial charge on any atom is -0.508 e. The van der Waals surface area contributed by atoms with Crippen LogP contribution in [0.4, 0.5) is 10.1 Å². The number of carbonyl (C=O) groups is 1. The number of carbonyl (C=O) groups excluding carboxylic acids is 1. The first-order valence-electron chi connectivity index (χ1n) is 8.60. The molecular formula is C19H23ClFN3O3. The Morgan fingerprint density at radius 2 is 2.07 bits per heavy atom.